The molecule has 0 aliphatic heterocycles. The van der Waals surface area contributed by atoms with Crippen molar-refractivity contribution in [2.45, 2.75) is 32.6 Å². The van der Waals surface area contributed by atoms with Crippen LogP contribution in [0.1, 0.15) is 29.9 Å². The SMILES string of the molecule is COc1ccc(CCNC(=O)CCCc2nc(-c3ccccc3F)oc2C)cc1OC. The van der Waals surface area contributed by atoms with E-state index in [-0.39, 0.29) is 17.6 Å². The van der Waals surface area contributed by atoms with Crippen molar-refractivity contribution in [3.8, 4) is 23.0 Å². The average molecular weight is 426 g/mol. The minimum Gasteiger partial charge on any atom is -0.493 e. The number of nitrogens with zero attached hydrogens (tertiary/aromatic N) is 1. The smallest absolute Gasteiger partial charge is 0.229 e. The zero-order valence-corrected chi connectivity index (χ0v) is 18.0. The molecule has 0 atom stereocenters. The van der Waals surface area contributed by atoms with E-state index in [2.05, 4.69) is 10.3 Å². The number of aromatic nitrogens is 1. The van der Waals surface area contributed by atoms with Gasteiger partial charge < -0.3 is 19.2 Å². The van der Waals surface area contributed by atoms with Crippen LogP contribution >= 0.6 is 0 Å². The summed E-state index contributed by atoms with van der Waals surface area (Å²) in [4.78, 5) is 16.6. The van der Waals surface area contributed by atoms with Gasteiger partial charge in [0.05, 0.1) is 25.5 Å². The van der Waals surface area contributed by atoms with Gasteiger partial charge in [-0.25, -0.2) is 9.37 Å². The van der Waals surface area contributed by atoms with Crippen LogP contribution in [0.5, 0.6) is 11.5 Å². The molecule has 2 aromatic carbocycles. The van der Waals surface area contributed by atoms with Crippen molar-refractivity contribution in [2.24, 2.45) is 0 Å². The fourth-order valence-electron chi connectivity index (χ4n) is 3.30. The van der Waals surface area contributed by atoms with Crippen molar-refractivity contribution >= 4 is 5.91 Å². The lowest BCUT2D eigenvalue weighted by Gasteiger charge is -2.10. The Hall–Kier alpha value is -3.35. The Morgan fingerprint density at radius 1 is 1.10 bits per heavy atom. The Morgan fingerprint density at radius 2 is 1.87 bits per heavy atom. The molecule has 0 saturated carbocycles. The maximum absolute atomic E-state index is 13.9. The van der Waals surface area contributed by atoms with Crippen LogP contribution in [0.4, 0.5) is 4.39 Å². The molecule has 3 aromatic rings. The van der Waals surface area contributed by atoms with E-state index in [4.69, 9.17) is 13.9 Å². The van der Waals surface area contributed by atoms with Gasteiger partial charge in [0.15, 0.2) is 11.5 Å². The van der Waals surface area contributed by atoms with Crippen LogP contribution in [0, 0.1) is 12.7 Å². The number of carbonyl (C=O) groups is 1. The fourth-order valence-corrected chi connectivity index (χ4v) is 3.30. The molecule has 164 valence electrons. The molecule has 1 heterocycles. The molecule has 0 bridgehead atoms. The van der Waals surface area contributed by atoms with Gasteiger partial charge in [0, 0.05) is 13.0 Å². The number of carbonyl (C=O) groups excluding carboxylic acids is 1. The predicted molar refractivity (Wildman–Crippen MR) is 116 cm³/mol. The number of oxazole rings is 1. The van der Waals surface area contributed by atoms with Gasteiger partial charge in [-0.1, -0.05) is 18.2 Å². The number of rotatable bonds is 10. The van der Waals surface area contributed by atoms with E-state index in [1.165, 1.54) is 6.07 Å². The first-order chi connectivity index (χ1) is 15.0. The van der Waals surface area contributed by atoms with E-state index < -0.39 is 0 Å². The zero-order valence-electron chi connectivity index (χ0n) is 18.0. The first-order valence-electron chi connectivity index (χ1n) is 10.2. The lowest BCUT2D eigenvalue weighted by Crippen LogP contribution is -2.25. The highest BCUT2D eigenvalue weighted by Crippen LogP contribution is 2.27. The number of nitrogens with one attached hydrogen (secondary N) is 1. The molecule has 0 aliphatic rings. The highest BCUT2D eigenvalue weighted by Gasteiger charge is 2.14. The average Bonchev–Trinajstić information content (AvgIpc) is 3.14. The highest BCUT2D eigenvalue weighted by atomic mass is 19.1. The topological polar surface area (TPSA) is 73.6 Å². The van der Waals surface area contributed by atoms with Crippen LogP contribution in [0.15, 0.2) is 46.9 Å². The van der Waals surface area contributed by atoms with Crippen LogP contribution in [-0.2, 0) is 17.6 Å². The van der Waals surface area contributed by atoms with Crippen LogP contribution < -0.4 is 14.8 Å². The Balaban J connectivity index is 1.44. The molecule has 0 saturated heterocycles. The number of hydrogen-bond donors (Lipinski definition) is 1. The maximum atomic E-state index is 13.9. The minimum absolute atomic E-state index is 0.0176. The first kappa shape index (κ1) is 22.3. The van der Waals surface area contributed by atoms with E-state index in [1.807, 2.05) is 18.2 Å². The second kappa shape index (κ2) is 10.6. The second-order valence-electron chi connectivity index (χ2n) is 7.14. The van der Waals surface area contributed by atoms with Crippen molar-refractivity contribution < 1.29 is 23.1 Å². The summed E-state index contributed by atoms with van der Waals surface area (Å²) < 4.78 is 30.1. The van der Waals surface area contributed by atoms with E-state index >= 15 is 0 Å². The van der Waals surface area contributed by atoms with Crippen molar-refractivity contribution in [3.63, 3.8) is 0 Å². The highest BCUT2D eigenvalue weighted by molar-refractivity contribution is 5.75. The van der Waals surface area contributed by atoms with E-state index in [9.17, 15) is 9.18 Å². The number of halogens is 1. The molecule has 7 heteroatoms. The quantitative estimate of drug-likeness (QED) is 0.517. The summed E-state index contributed by atoms with van der Waals surface area (Å²) in [5.41, 5.74) is 2.14. The van der Waals surface area contributed by atoms with Crippen molar-refractivity contribution in [1.82, 2.24) is 10.3 Å². The molecule has 1 aromatic heterocycles. The molecule has 0 aliphatic carbocycles. The number of amides is 1. The summed E-state index contributed by atoms with van der Waals surface area (Å²) in [6.45, 7) is 2.34. The summed E-state index contributed by atoms with van der Waals surface area (Å²) in [6, 6.07) is 12.1. The maximum Gasteiger partial charge on any atom is 0.229 e. The number of methoxy groups -OCH3 is 2. The summed E-state index contributed by atoms with van der Waals surface area (Å²) in [5.74, 6) is 1.87. The Morgan fingerprint density at radius 3 is 2.61 bits per heavy atom. The van der Waals surface area contributed by atoms with Gasteiger partial charge in [-0.3, -0.25) is 4.79 Å². The van der Waals surface area contributed by atoms with Crippen molar-refractivity contribution in [3.05, 3.63) is 65.3 Å². The molecule has 0 unspecified atom stereocenters. The van der Waals surface area contributed by atoms with Gasteiger partial charge >= 0.3 is 0 Å². The fraction of sp³-hybridized carbons (Fsp3) is 0.333. The van der Waals surface area contributed by atoms with Gasteiger partial charge in [-0.2, -0.15) is 0 Å². The van der Waals surface area contributed by atoms with Gasteiger partial charge in [-0.05, 0) is 56.0 Å². The lowest BCUT2D eigenvalue weighted by atomic mass is 10.1. The number of ether oxygens (including phenoxy) is 2. The molecule has 0 spiro atoms. The minimum atomic E-state index is -0.371. The van der Waals surface area contributed by atoms with E-state index in [0.29, 0.717) is 55.1 Å². The lowest BCUT2D eigenvalue weighted by molar-refractivity contribution is -0.121. The summed E-state index contributed by atoms with van der Waals surface area (Å²) in [7, 11) is 3.19. The number of aryl methyl sites for hydroxylation is 2. The molecule has 31 heavy (non-hydrogen) atoms. The summed E-state index contributed by atoms with van der Waals surface area (Å²) in [5, 5.41) is 2.93. The third-order valence-electron chi connectivity index (χ3n) is 5.00. The number of benzene rings is 2. The third-order valence-corrected chi connectivity index (χ3v) is 5.00. The normalized spacial score (nSPS) is 10.7. The van der Waals surface area contributed by atoms with Crippen LogP contribution in [0.2, 0.25) is 0 Å². The van der Waals surface area contributed by atoms with Gasteiger partial charge in [0.2, 0.25) is 11.8 Å². The Labute approximate surface area is 181 Å². The van der Waals surface area contributed by atoms with E-state index in [1.54, 1.807) is 39.3 Å². The largest absolute Gasteiger partial charge is 0.493 e. The number of hydrogen-bond acceptors (Lipinski definition) is 5. The predicted octanol–water partition coefficient (Wildman–Crippen LogP) is 4.49. The molecule has 0 fully saturated rings. The van der Waals surface area contributed by atoms with Gasteiger partial charge in [0.25, 0.3) is 0 Å². The molecule has 0 radical (unpaired) electrons. The van der Waals surface area contributed by atoms with Crippen LogP contribution in [-0.4, -0.2) is 31.7 Å². The van der Waals surface area contributed by atoms with Gasteiger partial charge in [-0.15, -0.1) is 0 Å². The molecular weight excluding hydrogens is 399 g/mol. The van der Waals surface area contributed by atoms with Gasteiger partial charge in [0.1, 0.15) is 11.6 Å². The molecular formula is C24H27FN2O4. The molecule has 3 rings (SSSR count). The Bertz CT molecular complexity index is 1030. The van der Waals surface area contributed by atoms with Crippen LogP contribution in [0.3, 0.4) is 0 Å². The van der Waals surface area contributed by atoms with E-state index in [0.717, 1.165) is 11.3 Å². The first-order valence-corrected chi connectivity index (χ1v) is 10.2. The second-order valence-corrected chi connectivity index (χ2v) is 7.14. The Kier molecular flexibility index (Phi) is 7.65. The van der Waals surface area contributed by atoms with Crippen molar-refractivity contribution in [2.75, 3.05) is 20.8 Å². The van der Waals surface area contributed by atoms with Crippen LogP contribution in [0.25, 0.3) is 11.5 Å². The monoisotopic (exact) mass is 426 g/mol. The summed E-state index contributed by atoms with van der Waals surface area (Å²) in [6.07, 6.45) is 2.30. The molecule has 1 N–H and O–H groups in total. The third kappa shape index (κ3) is 5.84. The van der Waals surface area contributed by atoms with Crippen molar-refractivity contribution in [1.29, 1.82) is 0 Å². The molecule has 6 nitrogen and oxygen atoms in total. The standard InChI is InChI=1S/C24H27FN2O4/c1-16-20(27-24(31-16)18-7-4-5-8-19(18)25)9-6-10-23(28)26-14-13-17-11-12-21(29-2)22(15-17)30-3/h4-5,7-8,11-12,15H,6,9-10,13-14H2,1-3H3,(H,26,28). The summed E-state index contributed by atoms with van der Waals surface area (Å²) >= 11 is 0. The molecule has 1 amide bonds. The zero-order chi connectivity index (χ0) is 22.2.